The number of benzene rings is 3. The highest BCUT2D eigenvalue weighted by atomic mass is 79.9. The van der Waals surface area contributed by atoms with Crippen molar-refractivity contribution in [2.45, 2.75) is 39.0 Å². The maximum absolute atomic E-state index is 13.2. The number of amides is 1. The van der Waals surface area contributed by atoms with Crippen LogP contribution in [0.15, 0.2) is 81.7 Å². The van der Waals surface area contributed by atoms with Gasteiger partial charge in [0.1, 0.15) is 11.3 Å². The molecule has 0 aliphatic rings. The maximum Gasteiger partial charge on any atom is 0.255 e. The Morgan fingerprint density at radius 1 is 0.857 bits per heavy atom. The molecule has 1 N–H and O–H groups in total. The Morgan fingerprint density at radius 2 is 1.54 bits per heavy atom. The van der Waals surface area contributed by atoms with Crippen LogP contribution in [0, 0.1) is 0 Å². The molecule has 6 heteroatoms. The van der Waals surface area contributed by atoms with Gasteiger partial charge in [-0.25, -0.2) is 0 Å². The molecule has 1 heterocycles. The maximum atomic E-state index is 13.2. The minimum Gasteiger partial charge on any atom is -0.494 e. The fourth-order valence-corrected chi connectivity index (χ4v) is 4.11. The molecule has 4 aromatic rings. The number of nitrogens with one attached hydrogen (secondary N) is 1. The Balaban J connectivity index is 1.49. The average molecular weight is 534 g/mol. The van der Waals surface area contributed by atoms with E-state index in [2.05, 4.69) is 28.2 Å². The predicted molar refractivity (Wildman–Crippen MR) is 142 cm³/mol. The highest BCUT2D eigenvalue weighted by molar-refractivity contribution is 9.10. The number of halogens is 1. The summed E-state index contributed by atoms with van der Waals surface area (Å²) in [4.78, 5) is 26.3. The van der Waals surface area contributed by atoms with Crippen LogP contribution in [-0.4, -0.2) is 18.3 Å². The molecule has 180 valence electrons. The molecule has 35 heavy (non-hydrogen) atoms. The van der Waals surface area contributed by atoms with Crippen molar-refractivity contribution in [3.63, 3.8) is 0 Å². The Kier molecular flexibility index (Phi) is 8.37. The van der Waals surface area contributed by atoms with Crippen LogP contribution in [0.2, 0.25) is 0 Å². The van der Waals surface area contributed by atoms with Crippen LogP contribution in [0.25, 0.3) is 11.0 Å². The van der Waals surface area contributed by atoms with Crippen molar-refractivity contribution < 1.29 is 18.7 Å². The third kappa shape index (κ3) is 6.20. The van der Waals surface area contributed by atoms with Crippen LogP contribution in [0.5, 0.6) is 5.75 Å². The van der Waals surface area contributed by atoms with E-state index < -0.39 is 0 Å². The number of rotatable bonds is 11. The minimum absolute atomic E-state index is 0.102. The SMILES string of the molecule is CCCCCCCOc1ccc(C(=O)Nc2c(C(=O)c3ccc(Br)cc3)oc3ccccc23)cc1. The largest absolute Gasteiger partial charge is 0.494 e. The molecule has 4 rings (SSSR count). The van der Waals surface area contributed by atoms with Gasteiger partial charge in [0.15, 0.2) is 5.76 Å². The number of anilines is 1. The number of furan rings is 1. The smallest absolute Gasteiger partial charge is 0.255 e. The molecule has 0 unspecified atom stereocenters. The lowest BCUT2D eigenvalue weighted by Gasteiger charge is -2.09. The van der Waals surface area contributed by atoms with Crippen molar-refractivity contribution in [2.24, 2.45) is 0 Å². The van der Waals surface area contributed by atoms with Crippen molar-refractivity contribution >= 4 is 44.3 Å². The fourth-order valence-electron chi connectivity index (χ4n) is 3.85. The summed E-state index contributed by atoms with van der Waals surface area (Å²) >= 11 is 3.38. The topological polar surface area (TPSA) is 68.5 Å². The minimum atomic E-state index is -0.326. The van der Waals surface area contributed by atoms with Crippen molar-refractivity contribution in [1.82, 2.24) is 0 Å². The van der Waals surface area contributed by atoms with Gasteiger partial charge in [0.05, 0.1) is 12.3 Å². The predicted octanol–water partition coefficient (Wildman–Crippen LogP) is 8.03. The molecule has 0 saturated carbocycles. The molecule has 3 aromatic carbocycles. The number of carbonyl (C=O) groups excluding carboxylic acids is 2. The van der Waals surface area contributed by atoms with E-state index in [0.29, 0.717) is 34.4 Å². The van der Waals surface area contributed by atoms with Crippen LogP contribution in [-0.2, 0) is 0 Å². The summed E-state index contributed by atoms with van der Waals surface area (Å²) in [6.07, 6.45) is 5.89. The van der Waals surface area contributed by atoms with E-state index in [1.165, 1.54) is 19.3 Å². The van der Waals surface area contributed by atoms with Gasteiger partial charge in [0.25, 0.3) is 5.91 Å². The summed E-state index contributed by atoms with van der Waals surface area (Å²) in [7, 11) is 0. The number of fused-ring (bicyclic) bond motifs is 1. The summed E-state index contributed by atoms with van der Waals surface area (Å²) in [5, 5.41) is 3.57. The van der Waals surface area contributed by atoms with Crippen molar-refractivity contribution in [2.75, 3.05) is 11.9 Å². The van der Waals surface area contributed by atoms with Gasteiger partial charge in [-0.1, -0.05) is 60.7 Å². The second kappa shape index (κ2) is 11.8. The van der Waals surface area contributed by atoms with Gasteiger partial charge in [-0.15, -0.1) is 0 Å². The molecule has 0 bridgehead atoms. The number of hydrogen-bond acceptors (Lipinski definition) is 4. The third-order valence-corrected chi connectivity index (χ3v) is 6.31. The molecule has 1 amide bonds. The first kappa shape index (κ1) is 24.7. The normalized spacial score (nSPS) is 10.9. The van der Waals surface area contributed by atoms with E-state index in [0.717, 1.165) is 23.1 Å². The Morgan fingerprint density at radius 3 is 2.29 bits per heavy atom. The van der Waals surface area contributed by atoms with E-state index >= 15 is 0 Å². The summed E-state index contributed by atoms with van der Waals surface area (Å²) in [5.74, 6) is 0.209. The molecule has 0 radical (unpaired) electrons. The molecule has 5 nitrogen and oxygen atoms in total. The first-order chi connectivity index (χ1) is 17.1. The molecular formula is C29H28BrNO4. The molecule has 0 fully saturated rings. The van der Waals surface area contributed by atoms with E-state index in [9.17, 15) is 9.59 Å². The van der Waals surface area contributed by atoms with E-state index in [1.807, 2.05) is 18.2 Å². The zero-order valence-corrected chi connectivity index (χ0v) is 21.3. The quantitative estimate of drug-likeness (QED) is 0.156. The van der Waals surface area contributed by atoms with Gasteiger partial charge in [0.2, 0.25) is 5.78 Å². The lowest BCUT2D eigenvalue weighted by molar-refractivity contribution is 0.101. The van der Waals surface area contributed by atoms with E-state index in [1.54, 1.807) is 54.6 Å². The van der Waals surface area contributed by atoms with Crippen LogP contribution < -0.4 is 10.1 Å². The summed E-state index contributed by atoms with van der Waals surface area (Å²) < 4.78 is 12.6. The number of ether oxygens (including phenoxy) is 1. The molecular weight excluding hydrogens is 506 g/mol. The summed E-state index contributed by atoms with van der Waals surface area (Å²) in [6.45, 7) is 2.86. The van der Waals surface area contributed by atoms with Gasteiger partial charge in [-0.2, -0.15) is 0 Å². The van der Waals surface area contributed by atoms with E-state index in [4.69, 9.17) is 9.15 Å². The van der Waals surface area contributed by atoms with E-state index in [-0.39, 0.29) is 17.5 Å². The molecule has 0 saturated heterocycles. The van der Waals surface area contributed by atoms with Crippen LogP contribution in [0.4, 0.5) is 5.69 Å². The molecule has 0 aliphatic carbocycles. The van der Waals surface area contributed by atoms with Gasteiger partial charge in [-0.05, 0) is 67.1 Å². The van der Waals surface area contributed by atoms with Gasteiger partial charge >= 0.3 is 0 Å². The first-order valence-corrected chi connectivity index (χ1v) is 12.7. The Labute approximate surface area is 213 Å². The standard InChI is InChI=1S/C29H28BrNO4/c1-2-3-4-5-8-19-34-23-17-13-21(14-18-23)29(33)31-26-24-9-6-7-10-25(24)35-28(26)27(32)20-11-15-22(30)16-12-20/h6-7,9-18H,2-5,8,19H2,1H3,(H,31,33). The third-order valence-electron chi connectivity index (χ3n) is 5.78. The number of hydrogen-bond donors (Lipinski definition) is 1. The molecule has 0 spiro atoms. The molecule has 0 atom stereocenters. The zero-order chi connectivity index (χ0) is 24.6. The van der Waals surface area contributed by atoms with Crippen LogP contribution >= 0.6 is 15.9 Å². The van der Waals surface area contributed by atoms with Gasteiger partial charge in [-0.3, -0.25) is 9.59 Å². The van der Waals surface area contributed by atoms with Gasteiger partial charge < -0.3 is 14.5 Å². The highest BCUT2D eigenvalue weighted by Crippen LogP contribution is 2.33. The molecule has 1 aromatic heterocycles. The Hall–Kier alpha value is -3.38. The average Bonchev–Trinajstić information content (AvgIpc) is 3.25. The van der Waals surface area contributed by atoms with Crippen LogP contribution in [0.1, 0.15) is 65.5 Å². The lowest BCUT2D eigenvalue weighted by Crippen LogP contribution is -2.14. The van der Waals surface area contributed by atoms with Crippen molar-refractivity contribution in [3.05, 3.63) is 94.2 Å². The fraction of sp³-hybridized carbons (Fsp3) is 0.241. The summed E-state index contributed by atoms with van der Waals surface area (Å²) in [5.41, 5.74) is 1.84. The molecule has 0 aliphatic heterocycles. The van der Waals surface area contributed by atoms with Crippen LogP contribution in [0.3, 0.4) is 0 Å². The Bertz CT molecular complexity index is 1290. The zero-order valence-electron chi connectivity index (χ0n) is 19.7. The number of carbonyl (C=O) groups is 2. The summed E-state index contributed by atoms with van der Waals surface area (Å²) in [6, 6.07) is 21.3. The number of unbranched alkanes of at least 4 members (excludes halogenated alkanes) is 4. The lowest BCUT2D eigenvalue weighted by atomic mass is 10.1. The van der Waals surface area contributed by atoms with Gasteiger partial charge in [0, 0.05) is 21.0 Å². The highest BCUT2D eigenvalue weighted by Gasteiger charge is 2.23. The second-order valence-corrected chi connectivity index (χ2v) is 9.30. The first-order valence-electron chi connectivity index (χ1n) is 11.9. The number of ketones is 1. The monoisotopic (exact) mass is 533 g/mol. The second-order valence-electron chi connectivity index (χ2n) is 8.38. The number of para-hydroxylation sites is 1. The van der Waals surface area contributed by atoms with Crippen molar-refractivity contribution in [1.29, 1.82) is 0 Å². The van der Waals surface area contributed by atoms with Crippen molar-refractivity contribution in [3.8, 4) is 5.75 Å².